The van der Waals surface area contributed by atoms with E-state index in [-0.39, 0.29) is 18.0 Å². The Hall–Kier alpha value is -1.82. The second kappa shape index (κ2) is 5.44. The first-order chi connectivity index (χ1) is 9.01. The van der Waals surface area contributed by atoms with Crippen molar-refractivity contribution >= 4 is 11.7 Å². The summed E-state index contributed by atoms with van der Waals surface area (Å²) in [6.07, 6.45) is 0.172. The molecule has 0 aromatic carbocycles. The third-order valence-corrected chi connectivity index (χ3v) is 3.25. The molecule has 1 aromatic heterocycles. The Morgan fingerprint density at radius 1 is 1.53 bits per heavy atom. The molecule has 1 aromatic rings. The zero-order chi connectivity index (χ0) is 14.0. The van der Waals surface area contributed by atoms with Crippen molar-refractivity contribution in [3.05, 3.63) is 23.4 Å². The van der Waals surface area contributed by atoms with Crippen molar-refractivity contribution in [2.24, 2.45) is 10.9 Å². The number of ether oxygens (including phenoxy) is 1. The molecule has 1 aliphatic heterocycles. The number of aryl methyl sites for hydroxylation is 1. The molecule has 2 heterocycles. The fourth-order valence-electron chi connectivity index (χ4n) is 2.23. The van der Waals surface area contributed by atoms with Gasteiger partial charge >= 0.3 is 0 Å². The minimum Gasteiger partial charge on any atom is -0.409 e. The van der Waals surface area contributed by atoms with E-state index in [2.05, 4.69) is 22.0 Å². The van der Waals surface area contributed by atoms with Crippen molar-refractivity contribution in [2.45, 2.75) is 32.9 Å². The lowest BCUT2D eigenvalue weighted by molar-refractivity contribution is 0.0340. The Morgan fingerprint density at radius 2 is 2.26 bits per heavy atom. The molecule has 0 radical (unpaired) electrons. The number of nitrogens with two attached hydrogens (primary N) is 1. The fourth-order valence-corrected chi connectivity index (χ4v) is 2.23. The number of rotatable bonds is 2. The van der Waals surface area contributed by atoms with E-state index in [1.54, 1.807) is 6.07 Å². The minimum absolute atomic E-state index is 0.0979. The highest BCUT2D eigenvalue weighted by molar-refractivity contribution is 5.97. The molecule has 1 saturated heterocycles. The minimum atomic E-state index is 0.0979. The molecular weight excluding hydrogens is 244 g/mol. The summed E-state index contributed by atoms with van der Waals surface area (Å²) in [5, 5.41) is 11.8. The van der Waals surface area contributed by atoms with Gasteiger partial charge in [-0.3, -0.25) is 0 Å². The van der Waals surface area contributed by atoms with Crippen LogP contribution in [0.25, 0.3) is 0 Å². The predicted molar refractivity (Wildman–Crippen MR) is 73.7 cm³/mol. The topological polar surface area (TPSA) is 84.0 Å². The van der Waals surface area contributed by atoms with Crippen LogP contribution in [0.3, 0.4) is 0 Å². The summed E-state index contributed by atoms with van der Waals surface area (Å²) in [5.74, 6) is 0.935. The molecule has 1 aliphatic rings. The van der Waals surface area contributed by atoms with E-state index < -0.39 is 0 Å². The van der Waals surface area contributed by atoms with E-state index in [1.165, 1.54) is 0 Å². The van der Waals surface area contributed by atoms with Gasteiger partial charge in [0.1, 0.15) is 5.82 Å². The molecule has 104 valence electrons. The molecule has 0 aliphatic carbocycles. The van der Waals surface area contributed by atoms with Crippen molar-refractivity contribution in [2.75, 3.05) is 18.1 Å². The summed E-state index contributed by atoms with van der Waals surface area (Å²) < 4.78 is 5.61. The highest BCUT2D eigenvalue weighted by Gasteiger charge is 2.25. The highest BCUT2D eigenvalue weighted by atomic mass is 16.5. The maximum Gasteiger partial charge on any atom is 0.170 e. The molecule has 2 atom stereocenters. The number of morpholine rings is 1. The van der Waals surface area contributed by atoms with E-state index in [1.807, 2.05) is 19.9 Å². The van der Waals surface area contributed by atoms with Gasteiger partial charge in [-0.05, 0) is 32.9 Å². The largest absolute Gasteiger partial charge is 0.409 e. The van der Waals surface area contributed by atoms with Gasteiger partial charge in [0.2, 0.25) is 0 Å². The van der Waals surface area contributed by atoms with E-state index in [0.29, 0.717) is 12.2 Å². The smallest absolute Gasteiger partial charge is 0.170 e. The van der Waals surface area contributed by atoms with Gasteiger partial charge in [0, 0.05) is 17.8 Å². The Labute approximate surface area is 112 Å². The van der Waals surface area contributed by atoms with Gasteiger partial charge in [-0.15, -0.1) is 0 Å². The van der Waals surface area contributed by atoms with Crippen molar-refractivity contribution in [1.82, 2.24) is 4.98 Å². The van der Waals surface area contributed by atoms with Gasteiger partial charge in [-0.25, -0.2) is 4.98 Å². The molecule has 0 amide bonds. The molecule has 0 saturated carbocycles. The first-order valence-corrected chi connectivity index (χ1v) is 6.36. The zero-order valence-corrected chi connectivity index (χ0v) is 11.5. The van der Waals surface area contributed by atoms with Crippen LogP contribution in [0.5, 0.6) is 0 Å². The molecule has 19 heavy (non-hydrogen) atoms. The van der Waals surface area contributed by atoms with E-state index in [4.69, 9.17) is 15.7 Å². The van der Waals surface area contributed by atoms with Crippen molar-refractivity contribution in [1.29, 1.82) is 0 Å². The molecule has 6 heteroatoms. The van der Waals surface area contributed by atoms with Crippen molar-refractivity contribution in [3.8, 4) is 0 Å². The summed E-state index contributed by atoms with van der Waals surface area (Å²) in [7, 11) is 0. The third kappa shape index (κ3) is 2.96. The van der Waals surface area contributed by atoms with E-state index in [9.17, 15) is 0 Å². The van der Waals surface area contributed by atoms with E-state index in [0.717, 1.165) is 18.1 Å². The quantitative estimate of drug-likeness (QED) is 0.361. The number of nitrogens with zero attached hydrogens (tertiary/aromatic N) is 3. The maximum absolute atomic E-state index is 8.78. The molecule has 2 rings (SSSR count). The Kier molecular flexibility index (Phi) is 3.90. The average Bonchev–Trinajstić information content (AvgIpc) is 2.39. The standard InChI is InChI=1S/C13H20N4O2/c1-8-4-11(13(14)16-18)5-12(15-8)17-6-10(3)19-7-9(17)2/h4-5,9-10,18H,6-7H2,1-3H3,(H2,14,16). The Bertz CT molecular complexity index is 490. The van der Waals surface area contributed by atoms with Crippen LogP contribution in [0.1, 0.15) is 25.1 Å². The second-order valence-electron chi connectivity index (χ2n) is 4.99. The van der Waals surface area contributed by atoms with Crippen LogP contribution < -0.4 is 10.6 Å². The molecule has 1 fully saturated rings. The molecule has 0 spiro atoms. The molecule has 0 bridgehead atoms. The SMILES string of the molecule is Cc1cc(/C(N)=N/O)cc(N2CC(C)OCC2C)n1. The van der Waals surface area contributed by atoms with E-state index >= 15 is 0 Å². The first kappa shape index (κ1) is 13.6. The summed E-state index contributed by atoms with van der Waals surface area (Å²) >= 11 is 0. The zero-order valence-electron chi connectivity index (χ0n) is 11.5. The lowest BCUT2D eigenvalue weighted by atomic mass is 10.1. The number of oxime groups is 1. The highest BCUT2D eigenvalue weighted by Crippen LogP contribution is 2.21. The molecule has 6 nitrogen and oxygen atoms in total. The van der Waals surface area contributed by atoms with Crippen LogP contribution in [0, 0.1) is 6.92 Å². The third-order valence-electron chi connectivity index (χ3n) is 3.25. The Balaban J connectivity index is 2.36. The molecular formula is C13H20N4O2. The average molecular weight is 264 g/mol. The number of pyridine rings is 1. The Morgan fingerprint density at radius 3 is 2.95 bits per heavy atom. The van der Waals surface area contributed by atoms with Gasteiger partial charge in [-0.2, -0.15) is 0 Å². The normalized spacial score (nSPS) is 24.6. The van der Waals surface area contributed by atoms with Crippen LogP contribution in [0.2, 0.25) is 0 Å². The number of aromatic nitrogens is 1. The van der Waals surface area contributed by atoms with Gasteiger partial charge in [0.05, 0.1) is 18.8 Å². The number of hydrogen-bond acceptors (Lipinski definition) is 5. The van der Waals surface area contributed by atoms with Crippen LogP contribution in [0.4, 0.5) is 5.82 Å². The molecule has 3 N–H and O–H groups in total. The summed E-state index contributed by atoms with van der Waals surface area (Å²) in [6, 6.07) is 3.90. The van der Waals surface area contributed by atoms with Crippen molar-refractivity contribution in [3.63, 3.8) is 0 Å². The summed E-state index contributed by atoms with van der Waals surface area (Å²) in [6.45, 7) is 7.49. The van der Waals surface area contributed by atoms with Crippen LogP contribution in [-0.2, 0) is 4.74 Å². The number of anilines is 1. The molecule has 2 unspecified atom stereocenters. The maximum atomic E-state index is 8.78. The lowest BCUT2D eigenvalue weighted by Gasteiger charge is -2.37. The first-order valence-electron chi connectivity index (χ1n) is 6.36. The van der Waals surface area contributed by atoms with Gasteiger partial charge < -0.3 is 20.6 Å². The lowest BCUT2D eigenvalue weighted by Crippen LogP contribution is -2.47. The second-order valence-corrected chi connectivity index (χ2v) is 4.99. The van der Waals surface area contributed by atoms with Gasteiger partial charge in [-0.1, -0.05) is 5.16 Å². The summed E-state index contributed by atoms with van der Waals surface area (Å²) in [5.41, 5.74) is 7.17. The van der Waals surface area contributed by atoms with Crippen LogP contribution >= 0.6 is 0 Å². The van der Waals surface area contributed by atoms with Crippen molar-refractivity contribution < 1.29 is 9.94 Å². The predicted octanol–water partition coefficient (Wildman–Crippen LogP) is 1.10. The number of hydrogen-bond donors (Lipinski definition) is 2. The number of amidine groups is 1. The van der Waals surface area contributed by atoms with Gasteiger partial charge in [0.25, 0.3) is 0 Å². The monoisotopic (exact) mass is 264 g/mol. The van der Waals surface area contributed by atoms with Crippen LogP contribution in [0.15, 0.2) is 17.3 Å². The van der Waals surface area contributed by atoms with Crippen LogP contribution in [-0.4, -0.2) is 41.3 Å². The fraction of sp³-hybridized carbons (Fsp3) is 0.538. The summed E-state index contributed by atoms with van der Waals surface area (Å²) in [4.78, 5) is 6.73. The van der Waals surface area contributed by atoms with Gasteiger partial charge in [0.15, 0.2) is 5.84 Å².